The fourth-order valence-electron chi connectivity index (χ4n) is 5.09. The molecule has 2 aromatic carbocycles. The van der Waals surface area contributed by atoms with E-state index in [0.29, 0.717) is 24.4 Å². The van der Waals surface area contributed by atoms with E-state index in [9.17, 15) is 17.6 Å². The van der Waals surface area contributed by atoms with Crippen LogP contribution in [0.3, 0.4) is 0 Å². The predicted octanol–water partition coefficient (Wildman–Crippen LogP) is 5.33. The zero-order valence-electron chi connectivity index (χ0n) is 16.3. The first-order valence-electron chi connectivity index (χ1n) is 10.3. The third-order valence-electron chi connectivity index (χ3n) is 6.61. The van der Waals surface area contributed by atoms with Gasteiger partial charge in [0.2, 0.25) is 0 Å². The smallest absolute Gasteiger partial charge is 0.371 e. The van der Waals surface area contributed by atoms with Crippen molar-refractivity contribution < 1.29 is 17.6 Å². The Morgan fingerprint density at radius 2 is 1.80 bits per heavy atom. The minimum Gasteiger partial charge on any atom is -0.371 e. The first-order chi connectivity index (χ1) is 14.4. The summed E-state index contributed by atoms with van der Waals surface area (Å²) in [6.07, 6.45) is -2.08. The molecule has 3 aromatic rings. The number of rotatable bonds is 4. The van der Waals surface area contributed by atoms with Gasteiger partial charge in [-0.3, -0.25) is 0 Å². The number of H-pyrrole nitrogens is 1. The van der Waals surface area contributed by atoms with Gasteiger partial charge in [-0.05, 0) is 73.2 Å². The van der Waals surface area contributed by atoms with E-state index < -0.39 is 11.7 Å². The molecule has 1 saturated carbocycles. The Bertz CT molecular complexity index is 1040. The van der Waals surface area contributed by atoms with Crippen LogP contribution >= 0.6 is 0 Å². The lowest BCUT2D eigenvalue weighted by Gasteiger charge is -2.23. The van der Waals surface area contributed by atoms with Crippen molar-refractivity contribution >= 4 is 16.6 Å². The van der Waals surface area contributed by atoms with Gasteiger partial charge in [-0.25, -0.2) is 4.39 Å². The van der Waals surface area contributed by atoms with Crippen LogP contribution in [0.15, 0.2) is 48.5 Å². The molecule has 7 heteroatoms. The number of aromatic nitrogens is 1. The largest absolute Gasteiger partial charge is 0.416 e. The molecule has 158 valence electrons. The normalized spacial score (nSPS) is 24.0. The number of alkyl halides is 3. The van der Waals surface area contributed by atoms with Crippen LogP contribution in [0.1, 0.15) is 24.1 Å². The Kier molecular flexibility index (Phi) is 4.73. The molecular weight excluding hydrogens is 394 g/mol. The summed E-state index contributed by atoms with van der Waals surface area (Å²) in [5, 5.41) is 4.51. The summed E-state index contributed by atoms with van der Waals surface area (Å²) in [6.45, 7) is 2.43. The lowest BCUT2D eigenvalue weighted by atomic mass is 9.98. The Morgan fingerprint density at radius 3 is 2.57 bits per heavy atom. The molecule has 3 nitrogen and oxygen atoms in total. The van der Waals surface area contributed by atoms with Crippen molar-refractivity contribution in [1.29, 1.82) is 0 Å². The highest BCUT2D eigenvalue weighted by atomic mass is 19.4. The second-order valence-electron chi connectivity index (χ2n) is 8.46. The Balaban J connectivity index is 1.22. The lowest BCUT2D eigenvalue weighted by molar-refractivity contribution is -0.137. The highest BCUT2D eigenvalue weighted by molar-refractivity contribution is 5.80. The summed E-state index contributed by atoms with van der Waals surface area (Å²) in [5.41, 5.74) is 2.20. The molecule has 0 amide bonds. The number of aromatic amines is 1. The number of nitrogens with zero attached hydrogens (tertiary/aromatic N) is 1. The lowest BCUT2D eigenvalue weighted by Crippen LogP contribution is -2.35. The van der Waals surface area contributed by atoms with Crippen LogP contribution in [0.4, 0.5) is 23.2 Å². The number of benzene rings is 2. The van der Waals surface area contributed by atoms with Gasteiger partial charge < -0.3 is 15.2 Å². The standard InChI is InChI=1S/C23H23F4N3/c24-17-4-8-21-15(9-17)10-18(29-21)11-28-22-7-1-14-12-30(13-20(14)22)19-5-2-16(3-6-19)23(25,26)27/h2-6,8-10,14,20,22,28-29H,1,7,11-13H2/t14-,20+,22+/m1/s1. The van der Waals surface area contributed by atoms with Crippen molar-refractivity contribution in [3.05, 3.63) is 65.6 Å². The molecule has 30 heavy (non-hydrogen) atoms. The molecule has 5 rings (SSSR count). The summed E-state index contributed by atoms with van der Waals surface area (Å²) in [6, 6.07) is 12.6. The van der Waals surface area contributed by atoms with Crippen LogP contribution in [0, 0.1) is 17.7 Å². The van der Waals surface area contributed by atoms with Crippen LogP contribution in [-0.4, -0.2) is 24.1 Å². The summed E-state index contributed by atoms with van der Waals surface area (Å²) in [7, 11) is 0. The van der Waals surface area contributed by atoms with E-state index in [1.807, 2.05) is 6.07 Å². The Labute approximate surface area is 172 Å². The second-order valence-corrected chi connectivity index (χ2v) is 8.46. The molecule has 2 fully saturated rings. The van der Waals surface area contributed by atoms with Gasteiger partial charge in [-0.1, -0.05) is 0 Å². The van der Waals surface area contributed by atoms with E-state index in [2.05, 4.69) is 15.2 Å². The third kappa shape index (κ3) is 3.67. The quantitative estimate of drug-likeness (QED) is 0.562. The number of anilines is 1. The number of nitrogens with one attached hydrogen (secondary N) is 2. The third-order valence-corrected chi connectivity index (χ3v) is 6.61. The van der Waals surface area contributed by atoms with Crippen LogP contribution in [0.2, 0.25) is 0 Å². The van der Waals surface area contributed by atoms with Gasteiger partial charge >= 0.3 is 6.18 Å². The summed E-state index contributed by atoms with van der Waals surface area (Å²) >= 11 is 0. The molecule has 2 aliphatic rings. The first-order valence-corrected chi connectivity index (χ1v) is 10.3. The summed E-state index contributed by atoms with van der Waals surface area (Å²) in [4.78, 5) is 5.53. The van der Waals surface area contributed by atoms with E-state index >= 15 is 0 Å². The van der Waals surface area contributed by atoms with Gasteiger partial charge in [0, 0.05) is 48.0 Å². The van der Waals surface area contributed by atoms with E-state index in [-0.39, 0.29) is 5.82 Å². The van der Waals surface area contributed by atoms with Crippen molar-refractivity contribution in [2.45, 2.75) is 31.6 Å². The average molecular weight is 417 g/mol. The van der Waals surface area contributed by atoms with Crippen molar-refractivity contribution in [3.8, 4) is 0 Å². The van der Waals surface area contributed by atoms with Crippen LogP contribution in [0.25, 0.3) is 10.9 Å². The van der Waals surface area contributed by atoms with Crippen molar-refractivity contribution in [2.24, 2.45) is 11.8 Å². The molecule has 0 unspecified atom stereocenters. The highest BCUT2D eigenvalue weighted by Crippen LogP contribution is 2.40. The van der Waals surface area contributed by atoms with Crippen LogP contribution < -0.4 is 10.2 Å². The average Bonchev–Trinajstić information content (AvgIpc) is 3.39. The Hall–Kier alpha value is -2.54. The molecule has 2 heterocycles. The Morgan fingerprint density at radius 1 is 1.00 bits per heavy atom. The van der Waals surface area contributed by atoms with Crippen molar-refractivity contribution in [1.82, 2.24) is 10.3 Å². The monoisotopic (exact) mass is 417 g/mol. The fourth-order valence-corrected chi connectivity index (χ4v) is 5.09. The van der Waals surface area contributed by atoms with Crippen LogP contribution in [-0.2, 0) is 12.7 Å². The maximum atomic E-state index is 13.4. The van der Waals surface area contributed by atoms with Gasteiger partial charge in [-0.2, -0.15) is 13.2 Å². The second kappa shape index (κ2) is 7.30. The fraction of sp³-hybridized carbons (Fsp3) is 0.391. The van der Waals surface area contributed by atoms with Gasteiger partial charge in [0.15, 0.2) is 0 Å². The zero-order valence-corrected chi connectivity index (χ0v) is 16.3. The highest BCUT2D eigenvalue weighted by Gasteiger charge is 2.42. The summed E-state index contributed by atoms with van der Waals surface area (Å²) in [5.74, 6) is 0.796. The minimum atomic E-state index is -4.30. The van der Waals surface area contributed by atoms with Crippen LogP contribution in [0.5, 0.6) is 0 Å². The predicted molar refractivity (Wildman–Crippen MR) is 109 cm³/mol. The molecule has 3 atom stereocenters. The molecule has 1 aliphatic carbocycles. The molecule has 0 bridgehead atoms. The van der Waals surface area contributed by atoms with Gasteiger partial charge in [0.05, 0.1) is 5.56 Å². The van der Waals surface area contributed by atoms with Crippen molar-refractivity contribution in [3.63, 3.8) is 0 Å². The number of fused-ring (bicyclic) bond motifs is 2. The van der Waals surface area contributed by atoms with Gasteiger partial charge in [-0.15, -0.1) is 0 Å². The molecule has 0 radical (unpaired) electrons. The van der Waals surface area contributed by atoms with E-state index in [4.69, 9.17) is 0 Å². The number of hydrogen-bond donors (Lipinski definition) is 2. The number of hydrogen-bond acceptors (Lipinski definition) is 2. The van der Waals surface area contributed by atoms with Gasteiger partial charge in [0.1, 0.15) is 5.82 Å². The van der Waals surface area contributed by atoms with Gasteiger partial charge in [0.25, 0.3) is 0 Å². The molecule has 0 spiro atoms. The van der Waals surface area contributed by atoms with E-state index in [1.165, 1.54) is 12.1 Å². The molecule has 1 aliphatic heterocycles. The molecule has 1 saturated heterocycles. The van der Waals surface area contributed by atoms with Crippen molar-refractivity contribution in [2.75, 3.05) is 18.0 Å². The topological polar surface area (TPSA) is 31.1 Å². The first kappa shape index (κ1) is 19.4. The maximum absolute atomic E-state index is 13.4. The molecule has 1 aromatic heterocycles. The maximum Gasteiger partial charge on any atom is 0.416 e. The SMILES string of the molecule is Fc1ccc2[nH]c(CN[C@H]3CC[C@@H]4CN(c5ccc(C(F)(F)F)cc5)C[C@@H]43)cc2c1. The van der Waals surface area contributed by atoms with E-state index in [1.54, 1.807) is 18.2 Å². The minimum absolute atomic E-state index is 0.242. The molecular formula is C23H23F4N3. The zero-order chi connectivity index (χ0) is 20.9. The molecule has 2 N–H and O–H groups in total. The number of halogens is 4. The van der Waals surface area contributed by atoms with E-state index in [0.717, 1.165) is 60.3 Å². The summed E-state index contributed by atoms with van der Waals surface area (Å²) < 4.78 is 51.8.